The molecule has 1 aliphatic heterocycles. The molecule has 1 heterocycles. The Hall–Kier alpha value is -5.18. The number of hydrogen-bond donors (Lipinski definition) is 2. The molecule has 2 N–H and O–H groups in total. The van der Waals surface area contributed by atoms with Gasteiger partial charge < -0.3 is 19.9 Å². The third-order valence-electron chi connectivity index (χ3n) is 7.93. The zero-order valence-corrected chi connectivity index (χ0v) is 28.2. The number of allylic oxidation sites excluding steroid dienone is 1. The van der Waals surface area contributed by atoms with Crippen LogP contribution in [0.5, 0.6) is 11.5 Å². The zero-order valence-electron chi connectivity index (χ0n) is 28.2. The maximum atomic E-state index is 14.6. The van der Waals surface area contributed by atoms with E-state index < -0.39 is 35.7 Å². The Balaban J connectivity index is 1.79. The lowest BCUT2D eigenvalue weighted by Crippen LogP contribution is -2.54. The molecule has 0 radical (unpaired) electrons. The zero-order chi connectivity index (χ0) is 34.8. The standard InChI is InChI=1S/C39H44N2O7/c1-6-33(43)48-23-21-40-37(44)36(34(27-10-8-7-9-11-27)28-12-16-30(42)17-13-28)41-38(45)32(24-26(4)5)35(39(41)46)29-14-18-31(19-15-29)47-22-20-25(2)3/h7-20,26,34,36,42H,6,21-24H2,1-5H3,(H,40,44). The monoisotopic (exact) mass is 652 g/mol. The first-order valence-corrected chi connectivity index (χ1v) is 16.3. The lowest BCUT2D eigenvalue weighted by Gasteiger charge is -2.33. The molecule has 0 aliphatic carbocycles. The van der Waals surface area contributed by atoms with Crippen molar-refractivity contribution in [3.8, 4) is 11.5 Å². The first-order valence-electron chi connectivity index (χ1n) is 16.3. The third kappa shape index (κ3) is 8.79. The summed E-state index contributed by atoms with van der Waals surface area (Å²) in [5, 5.41) is 12.9. The maximum absolute atomic E-state index is 14.6. The maximum Gasteiger partial charge on any atom is 0.305 e. The van der Waals surface area contributed by atoms with Gasteiger partial charge in [0, 0.05) is 17.9 Å². The van der Waals surface area contributed by atoms with E-state index in [2.05, 4.69) is 5.32 Å². The summed E-state index contributed by atoms with van der Waals surface area (Å²) in [4.78, 5) is 56.1. The molecule has 3 aromatic rings. The third-order valence-corrected chi connectivity index (χ3v) is 7.93. The number of benzene rings is 3. The van der Waals surface area contributed by atoms with Crippen LogP contribution in [0.2, 0.25) is 0 Å². The Bertz CT molecular complexity index is 1650. The fourth-order valence-electron chi connectivity index (χ4n) is 5.63. The first kappa shape index (κ1) is 35.7. The van der Waals surface area contributed by atoms with Crippen LogP contribution in [0.3, 0.4) is 0 Å². The molecule has 1 aliphatic rings. The molecule has 4 rings (SSSR count). The van der Waals surface area contributed by atoms with Crippen LogP contribution in [-0.4, -0.2) is 59.5 Å². The molecule has 0 saturated heterocycles. The highest BCUT2D eigenvalue weighted by atomic mass is 16.5. The van der Waals surface area contributed by atoms with Crippen molar-refractivity contribution in [3.05, 3.63) is 113 Å². The van der Waals surface area contributed by atoms with E-state index >= 15 is 0 Å². The lowest BCUT2D eigenvalue weighted by atomic mass is 9.83. The largest absolute Gasteiger partial charge is 0.508 e. The van der Waals surface area contributed by atoms with Gasteiger partial charge in [-0.2, -0.15) is 0 Å². The van der Waals surface area contributed by atoms with Crippen molar-refractivity contribution in [2.24, 2.45) is 5.92 Å². The van der Waals surface area contributed by atoms with Crippen molar-refractivity contribution in [3.63, 3.8) is 0 Å². The Morgan fingerprint density at radius 2 is 1.54 bits per heavy atom. The molecule has 2 unspecified atom stereocenters. The van der Waals surface area contributed by atoms with Gasteiger partial charge >= 0.3 is 5.97 Å². The second-order valence-electron chi connectivity index (χ2n) is 12.3. The molecule has 0 spiro atoms. The van der Waals surface area contributed by atoms with E-state index in [4.69, 9.17) is 9.47 Å². The Morgan fingerprint density at radius 3 is 2.15 bits per heavy atom. The number of nitrogens with zero attached hydrogens (tertiary/aromatic N) is 1. The SMILES string of the molecule is CCC(=O)OCCNC(=O)C(C(c1ccccc1)c1ccc(O)cc1)N1C(=O)C(CC(C)C)=C(c2ccc(OCC=C(C)C)cc2)C1=O. The van der Waals surface area contributed by atoms with E-state index in [1.807, 2.05) is 64.1 Å². The summed E-state index contributed by atoms with van der Waals surface area (Å²) in [6.45, 7) is 9.92. The quantitative estimate of drug-likeness (QED) is 0.0871. The van der Waals surface area contributed by atoms with E-state index in [1.54, 1.807) is 43.3 Å². The Labute approximate surface area is 282 Å². The van der Waals surface area contributed by atoms with E-state index in [0.717, 1.165) is 10.5 Å². The average Bonchev–Trinajstić information content (AvgIpc) is 3.30. The number of nitrogens with one attached hydrogen (secondary N) is 1. The molecule has 0 saturated carbocycles. The molecule has 2 atom stereocenters. The predicted octanol–water partition coefficient (Wildman–Crippen LogP) is 6.18. The number of phenols is 1. The van der Waals surface area contributed by atoms with E-state index in [1.165, 1.54) is 12.1 Å². The van der Waals surface area contributed by atoms with E-state index in [0.29, 0.717) is 41.0 Å². The van der Waals surface area contributed by atoms with Gasteiger partial charge in [0.2, 0.25) is 5.91 Å². The van der Waals surface area contributed by atoms with Gasteiger partial charge in [-0.15, -0.1) is 0 Å². The number of imide groups is 1. The number of carbonyl (C=O) groups excluding carboxylic acids is 4. The van der Waals surface area contributed by atoms with Gasteiger partial charge in [0.15, 0.2) is 0 Å². The van der Waals surface area contributed by atoms with Crippen LogP contribution >= 0.6 is 0 Å². The fourth-order valence-corrected chi connectivity index (χ4v) is 5.63. The Morgan fingerprint density at radius 1 is 0.896 bits per heavy atom. The second-order valence-corrected chi connectivity index (χ2v) is 12.3. The smallest absolute Gasteiger partial charge is 0.305 e. The van der Waals surface area contributed by atoms with Gasteiger partial charge in [0.1, 0.15) is 30.8 Å². The van der Waals surface area contributed by atoms with Crippen molar-refractivity contribution in [1.29, 1.82) is 0 Å². The molecule has 0 fully saturated rings. The molecule has 0 bridgehead atoms. The van der Waals surface area contributed by atoms with Gasteiger partial charge in [0.25, 0.3) is 11.8 Å². The number of esters is 1. The van der Waals surface area contributed by atoms with Gasteiger partial charge in [-0.25, -0.2) is 0 Å². The molecule has 48 heavy (non-hydrogen) atoms. The van der Waals surface area contributed by atoms with Crippen LogP contribution in [-0.2, 0) is 23.9 Å². The highest BCUT2D eigenvalue weighted by Crippen LogP contribution is 2.40. The summed E-state index contributed by atoms with van der Waals surface area (Å²) in [6, 6.07) is 21.3. The van der Waals surface area contributed by atoms with Crippen LogP contribution in [0.4, 0.5) is 0 Å². The van der Waals surface area contributed by atoms with Crippen molar-refractivity contribution in [2.45, 2.75) is 59.4 Å². The molecule has 9 nitrogen and oxygen atoms in total. The highest BCUT2D eigenvalue weighted by molar-refractivity contribution is 6.36. The number of aromatic hydroxyl groups is 1. The number of carbonyl (C=O) groups is 4. The topological polar surface area (TPSA) is 122 Å². The van der Waals surface area contributed by atoms with Crippen LogP contribution in [0.25, 0.3) is 5.57 Å². The number of ether oxygens (including phenoxy) is 2. The summed E-state index contributed by atoms with van der Waals surface area (Å²) in [7, 11) is 0. The number of rotatable bonds is 15. The summed E-state index contributed by atoms with van der Waals surface area (Å²) in [5.74, 6) is -2.19. The van der Waals surface area contributed by atoms with Crippen molar-refractivity contribution < 1.29 is 33.8 Å². The molecular formula is C39H44N2O7. The summed E-state index contributed by atoms with van der Waals surface area (Å²) in [6.07, 6.45) is 2.48. The first-order chi connectivity index (χ1) is 23.0. The predicted molar refractivity (Wildman–Crippen MR) is 184 cm³/mol. The molecule has 9 heteroatoms. The van der Waals surface area contributed by atoms with Gasteiger partial charge in [-0.3, -0.25) is 24.1 Å². The Kier molecular flexibility index (Phi) is 12.3. The van der Waals surface area contributed by atoms with E-state index in [9.17, 15) is 24.3 Å². The highest BCUT2D eigenvalue weighted by Gasteiger charge is 2.48. The minimum absolute atomic E-state index is 0.0122. The number of amides is 3. The van der Waals surface area contributed by atoms with Crippen LogP contribution in [0, 0.1) is 5.92 Å². The fraction of sp³-hybridized carbons (Fsp3) is 0.333. The normalized spacial score (nSPS) is 14.2. The van der Waals surface area contributed by atoms with Gasteiger partial charge in [-0.1, -0.05) is 80.9 Å². The summed E-state index contributed by atoms with van der Waals surface area (Å²) < 4.78 is 11.0. The average molecular weight is 653 g/mol. The minimum atomic E-state index is -1.31. The van der Waals surface area contributed by atoms with Gasteiger partial charge in [-0.05, 0) is 73.2 Å². The molecular weight excluding hydrogens is 608 g/mol. The van der Waals surface area contributed by atoms with Crippen molar-refractivity contribution in [1.82, 2.24) is 10.2 Å². The summed E-state index contributed by atoms with van der Waals surface area (Å²) >= 11 is 0. The molecule has 3 aromatic carbocycles. The van der Waals surface area contributed by atoms with E-state index in [-0.39, 0.29) is 36.8 Å². The molecule has 0 aromatic heterocycles. The van der Waals surface area contributed by atoms with Gasteiger partial charge in [0.05, 0.1) is 12.1 Å². The van der Waals surface area contributed by atoms with Crippen LogP contribution in [0.1, 0.15) is 70.1 Å². The number of phenolic OH excluding ortho intramolecular Hbond substituents is 1. The molecule has 252 valence electrons. The minimum Gasteiger partial charge on any atom is -0.508 e. The second kappa shape index (κ2) is 16.6. The summed E-state index contributed by atoms with van der Waals surface area (Å²) in [5.41, 5.74) is 3.57. The van der Waals surface area contributed by atoms with Crippen LogP contribution < -0.4 is 10.1 Å². The molecule has 3 amide bonds. The van der Waals surface area contributed by atoms with Crippen molar-refractivity contribution >= 4 is 29.3 Å². The lowest BCUT2D eigenvalue weighted by molar-refractivity contribution is -0.146. The van der Waals surface area contributed by atoms with Crippen molar-refractivity contribution in [2.75, 3.05) is 19.8 Å². The van der Waals surface area contributed by atoms with Crippen LogP contribution in [0.15, 0.2) is 96.1 Å². The number of hydrogen-bond acceptors (Lipinski definition) is 7.